The van der Waals surface area contributed by atoms with E-state index < -0.39 is 0 Å². The molecule has 0 spiro atoms. The molecule has 2 aromatic rings. The molecule has 0 bridgehead atoms. The molecule has 1 aromatic heterocycles. The van der Waals surface area contributed by atoms with Gasteiger partial charge < -0.3 is 0 Å². The molecule has 0 amide bonds. The first kappa shape index (κ1) is 8.56. The summed E-state index contributed by atoms with van der Waals surface area (Å²) >= 11 is 1.38. The van der Waals surface area contributed by atoms with Crippen molar-refractivity contribution in [3.05, 3.63) is 34.6 Å². The van der Waals surface area contributed by atoms with Crippen molar-refractivity contribution in [2.75, 3.05) is 0 Å². The second-order valence-electron chi connectivity index (χ2n) is 2.03. The first-order valence-corrected chi connectivity index (χ1v) is 3.76. The summed E-state index contributed by atoms with van der Waals surface area (Å²) < 4.78 is 3.68. The van der Waals surface area contributed by atoms with Gasteiger partial charge in [0, 0.05) is 0 Å². The molecule has 4 heteroatoms. The van der Waals surface area contributed by atoms with Crippen molar-refractivity contribution in [2.45, 2.75) is 0 Å². The number of aromatic nitrogens is 1. The van der Waals surface area contributed by atoms with Crippen molar-refractivity contribution in [2.24, 2.45) is 0 Å². The van der Waals surface area contributed by atoms with Crippen LogP contribution in [-0.4, -0.2) is 22.3 Å². The predicted octanol–water partition coefficient (Wildman–Crippen LogP) is 0.406. The van der Waals surface area contributed by atoms with Gasteiger partial charge in [-0.25, -0.2) is 0 Å². The Balaban J connectivity index is 0.000000605. The Morgan fingerprint density at radius 2 is 2.00 bits per heavy atom. The Hall–Kier alpha value is -0.532. The van der Waals surface area contributed by atoms with E-state index in [9.17, 15) is 4.79 Å². The Bertz CT molecular complexity index is 406. The molecule has 58 valence electrons. The number of aromatic amines is 1. The number of rotatable bonds is 0. The third kappa shape index (κ3) is 1.39. The molecule has 1 heterocycles. The van der Waals surface area contributed by atoms with Crippen LogP contribution in [0.5, 0.6) is 0 Å². The van der Waals surface area contributed by atoms with Gasteiger partial charge in [-0.3, -0.25) is 9.17 Å². The number of benzene rings is 1. The zero-order valence-corrected chi connectivity index (χ0v) is 9.62. The van der Waals surface area contributed by atoms with Gasteiger partial charge in [0.2, 0.25) is 0 Å². The number of H-pyrrole nitrogens is 1. The fourth-order valence-corrected chi connectivity index (χ4v) is 1.63. The summed E-state index contributed by atoms with van der Waals surface area (Å²) in [6.07, 6.45) is 0. The Morgan fingerprint density at radius 1 is 1.27 bits per heavy atom. The molecule has 0 aliphatic rings. The molecule has 1 N–H and O–H groups in total. The molecular weight excluding hydrogens is 221 g/mol. The third-order valence-corrected chi connectivity index (χ3v) is 2.25. The molecule has 1 atom stereocenters. The number of hydrogen-bond donors (Lipinski definition) is 1. The molecule has 0 saturated carbocycles. The molecule has 1 unspecified atom stereocenters. The molecule has 11 heavy (non-hydrogen) atoms. The Labute approximate surface area is 78.7 Å². The van der Waals surface area contributed by atoms with Crippen LogP contribution in [0.4, 0.5) is 0 Å². The van der Waals surface area contributed by atoms with Crippen LogP contribution in [0.25, 0.3) is 10.1 Å². The van der Waals surface area contributed by atoms with Gasteiger partial charge in [-0.05, 0) is 12.1 Å². The summed E-state index contributed by atoms with van der Waals surface area (Å²) in [5, 5.41) is 0.785. The predicted molar refractivity (Wildman–Crippen MR) is 52.4 cm³/mol. The average molecular weight is 229 g/mol. The van der Waals surface area contributed by atoms with Crippen LogP contribution < -0.4 is 5.56 Å². The van der Waals surface area contributed by atoms with E-state index in [-0.39, 0.29) is 23.5 Å². The van der Waals surface area contributed by atoms with E-state index in [1.807, 2.05) is 24.3 Å². The van der Waals surface area contributed by atoms with Gasteiger partial charge in [-0.15, -0.1) is 0 Å². The fraction of sp³-hybridized carbons (Fsp3) is 0. The van der Waals surface area contributed by atoms with Crippen LogP contribution in [0.2, 0.25) is 0 Å². The van der Waals surface area contributed by atoms with Gasteiger partial charge in [0.1, 0.15) is 0 Å². The molecule has 0 aliphatic carbocycles. The van der Waals surface area contributed by atoms with Gasteiger partial charge in [0.05, 0.1) is 10.1 Å². The van der Waals surface area contributed by atoms with Gasteiger partial charge in [-0.1, -0.05) is 23.7 Å². The average Bonchev–Trinajstić information content (AvgIpc) is 2.34. The second-order valence-corrected chi connectivity index (χ2v) is 2.88. The minimum atomic E-state index is 0. The zero-order valence-electron chi connectivity index (χ0n) is 5.83. The van der Waals surface area contributed by atoms with Crippen LogP contribution >= 0.6 is 11.5 Å². The van der Waals surface area contributed by atoms with E-state index in [0.717, 1.165) is 10.1 Å². The Morgan fingerprint density at radius 3 is 2.73 bits per heavy atom. The van der Waals surface area contributed by atoms with Crippen molar-refractivity contribution in [1.29, 1.82) is 0 Å². The minimum absolute atomic E-state index is 0. The summed E-state index contributed by atoms with van der Waals surface area (Å²) in [5.41, 5.74) is 0.0144. The van der Waals surface area contributed by atoms with E-state index in [2.05, 4.69) is 4.37 Å². The van der Waals surface area contributed by atoms with Gasteiger partial charge in [-0.2, -0.15) is 0 Å². The molecule has 2 rings (SSSR count). The molecule has 0 fully saturated rings. The van der Waals surface area contributed by atoms with Crippen molar-refractivity contribution >= 4 is 39.6 Å². The monoisotopic (exact) mass is 229 g/mol. The van der Waals surface area contributed by atoms with E-state index in [1.54, 1.807) is 0 Å². The van der Waals surface area contributed by atoms with Crippen LogP contribution in [-0.2, 0) is 0 Å². The van der Waals surface area contributed by atoms with Crippen molar-refractivity contribution in [3.63, 3.8) is 0 Å². The number of fused-ring (bicyclic) bond motifs is 1. The zero-order chi connectivity index (χ0) is 6.97. The maximum absolute atomic E-state index is 10.9. The summed E-state index contributed by atoms with van der Waals surface area (Å²) in [6.45, 7) is 0. The summed E-state index contributed by atoms with van der Waals surface area (Å²) in [5.74, 6) is 0. The molecule has 2 nitrogen and oxygen atoms in total. The van der Waals surface area contributed by atoms with Gasteiger partial charge >= 0.3 is 18.0 Å². The maximum atomic E-state index is 10.9. The van der Waals surface area contributed by atoms with E-state index in [0.29, 0.717) is 0 Å². The van der Waals surface area contributed by atoms with Crippen LogP contribution in [0.3, 0.4) is 0 Å². The van der Waals surface area contributed by atoms with E-state index >= 15 is 0 Å². The Kier molecular flexibility index (Phi) is 2.53. The summed E-state index contributed by atoms with van der Waals surface area (Å²) in [6, 6.07) is 7.54. The first-order chi connectivity index (χ1) is 4.88. The summed E-state index contributed by atoms with van der Waals surface area (Å²) in [7, 11) is 0. The first-order valence-electron chi connectivity index (χ1n) is 2.94. The van der Waals surface area contributed by atoms with E-state index in [4.69, 9.17) is 0 Å². The molecule has 0 aliphatic heterocycles. The molecular formula is C7H8AsNOS. The topological polar surface area (TPSA) is 32.9 Å². The fourth-order valence-electron chi connectivity index (χ4n) is 0.900. The molecule has 1 aromatic carbocycles. The normalized spacial score (nSPS) is 9.45. The third-order valence-electron chi connectivity index (χ3n) is 1.39. The second kappa shape index (κ2) is 3.24. The van der Waals surface area contributed by atoms with Crippen LogP contribution in [0, 0.1) is 0 Å². The van der Waals surface area contributed by atoms with Gasteiger partial charge in [0.15, 0.2) is 0 Å². The van der Waals surface area contributed by atoms with Crippen LogP contribution in [0.15, 0.2) is 29.1 Å². The number of nitrogens with one attached hydrogen (secondary N) is 1. The van der Waals surface area contributed by atoms with Gasteiger partial charge in [0.25, 0.3) is 5.56 Å². The number of hydrogen-bond acceptors (Lipinski definition) is 2. The standard InChI is InChI=1S/C7H5NOS.AsH3/c9-7-5-3-1-2-4-6(5)10-8-7;/h1-4H,(H,8,9);1H3. The van der Waals surface area contributed by atoms with Crippen molar-refractivity contribution in [1.82, 2.24) is 4.37 Å². The van der Waals surface area contributed by atoms with Crippen LogP contribution in [0.1, 0.15) is 0 Å². The molecule has 0 radical (unpaired) electrons. The van der Waals surface area contributed by atoms with Crippen molar-refractivity contribution < 1.29 is 0 Å². The SMILES string of the molecule is O=c1[nH]sc2ccccc12.[AsH3]. The van der Waals surface area contributed by atoms with Crippen molar-refractivity contribution in [3.8, 4) is 0 Å². The summed E-state index contributed by atoms with van der Waals surface area (Å²) in [4.78, 5) is 10.9. The molecule has 0 saturated heterocycles. The van der Waals surface area contributed by atoms with E-state index in [1.165, 1.54) is 11.5 Å². The quantitative estimate of drug-likeness (QED) is 0.652.